The number of morpholine rings is 1. The summed E-state index contributed by atoms with van der Waals surface area (Å²) < 4.78 is 19.0. The predicted molar refractivity (Wildman–Crippen MR) is 108 cm³/mol. The van der Waals surface area contributed by atoms with Gasteiger partial charge in [0.25, 0.3) is 0 Å². The number of hydrogen-bond acceptors (Lipinski definition) is 8. The van der Waals surface area contributed by atoms with E-state index >= 15 is 0 Å². The Balaban J connectivity index is 1.55. The summed E-state index contributed by atoms with van der Waals surface area (Å²) in [5, 5.41) is 5.50. The zero-order chi connectivity index (χ0) is 19.8. The molecule has 0 aliphatic carbocycles. The molecule has 0 radical (unpaired) electrons. The van der Waals surface area contributed by atoms with Gasteiger partial charge in [-0.25, -0.2) is 14.5 Å². The first-order valence-corrected chi connectivity index (χ1v) is 9.64. The van der Waals surface area contributed by atoms with Gasteiger partial charge in [-0.2, -0.15) is 0 Å². The monoisotopic (exact) mass is 394 g/mol. The summed E-state index contributed by atoms with van der Waals surface area (Å²) in [6.45, 7) is 5.29. The summed E-state index contributed by atoms with van der Waals surface area (Å²) in [6.07, 6.45) is 3.52. The Morgan fingerprint density at radius 1 is 1.21 bits per heavy atom. The zero-order valence-corrected chi connectivity index (χ0v) is 16.1. The van der Waals surface area contributed by atoms with E-state index in [-0.39, 0.29) is 6.04 Å². The summed E-state index contributed by atoms with van der Waals surface area (Å²) in [5.74, 6) is 2.07. The van der Waals surface area contributed by atoms with Crippen molar-refractivity contribution in [3.8, 4) is 17.3 Å². The topological polar surface area (TPSA) is 104 Å². The van der Waals surface area contributed by atoms with Crippen LogP contribution in [0.4, 0.5) is 5.82 Å². The van der Waals surface area contributed by atoms with Crippen molar-refractivity contribution in [2.24, 2.45) is 5.73 Å². The molecule has 9 heteroatoms. The van der Waals surface area contributed by atoms with Crippen molar-refractivity contribution in [2.45, 2.75) is 13.0 Å². The Morgan fingerprint density at radius 2 is 2.07 bits per heavy atom. The smallest absolute Gasteiger partial charge is 0.231 e. The summed E-state index contributed by atoms with van der Waals surface area (Å²) in [5.41, 5.74) is 8.00. The van der Waals surface area contributed by atoms with Gasteiger partial charge in [0.05, 0.1) is 24.8 Å². The number of anilines is 1. The van der Waals surface area contributed by atoms with Crippen molar-refractivity contribution >= 4 is 22.4 Å². The lowest BCUT2D eigenvalue weighted by Crippen LogP contribution is -2.36. The predicted octanol–water partition coefficient (Wildman–Crippen LogP) is 2.10. The summed E-state index contributed by atoms with van der Waals surface area (Å²) in [7, 11) is 0. The fraction of sp³-hybridized carbons (Fsp3) is 0.350. The van der Waals surface area contributed by atoms with Crippen molar-refractivity contribution in [2.75, 3.05) is 37.8 Å². The van der Waals surface area contributed by atoms with Crippen LogP contribution in [0.15, 0.2) is 41.1 Å². The minimum atomic E-state index is -0.0729. The average molecular weight is 394 g/mol. The Kier molecular flexibility index (Phi) is 4.53. The quantitative estimate of drug-likeness (QED) is 0.549. The fourth-order valence-corrected chi connectivity index (χ4v) is 3.42. The minimum absolute atomic E-state index is 0.0729. The van der Waals surface area contributed by atoms with Crippen LogP contribution in [0, 0.1) is 0 Å². The Hall–Kier alpha value is -3.17. The first-order chi connectivity index (χ1) is 14.2. The zero-order valence-electron chi connectivity index (χ0n) is 16.1. The van der Waals surface area contributed by atoms with Gasteiger partial charge in [-0.1, -0.05) is 0 Å². The molecule has 5 rings (SSSR count). The van der Waals surface area contributed by atoms with E-state index in [1.807, 2.05) is 25.1 Å². The molecule has 1 fully saturated rings. The average Bonchev–Trinajstić information content (AvgIpc) is 3.36. The third-order valence-electron chi connectivity index (χ3n) is 4.82. The number of imidazole rings is 1. The molecule has 0 saturated carbocycles. The highest BCUT2D eigenvalue weighted by atomic mass is 16.5. The summed E-state index contributed by atoms with van der Waals surface area (Å²) in [4.78, 5) is 11.2. The lowest BCUT2D eigenvalue weighted by Gasteiger charge is -2.28. The molecular formula is C20H22N6O3. The third kappa shape index (κ3) is 3.39. The highest BCUT2D eigenvalue weighted by molar-refractivity contribution is 5.92. The molecule has 1 saturated heterocycles. The van der Waals surface area contributed by atoms with Crippen molar-refractivity contribution in [1.29, 1.82) is 0 Å². The van der Waals surface area contributed by atoms with Crippen LogP contribution in [0.5, 0.6) is 5.88 Å². The van der Waals surface area contributed by atoms with E-state index in [0.29, 0.717) is 37.1 Å². The van der Waals surface area contributed by atoms with Crippen LogP contribution in [0.3, 0.4) is 0 Å². The Morgan fingerprint density at radius 3 is 2.90 bits per heavy atom. The van der Waals surface area contributed by atoms with Gasteiger partial charge in [0, 0.05) is 31.4 Å². The van der Waals surface area contributed by atoms with E-state index in [1.165, 1.54) is 0 Å². The molecule has 1 aliphatic rings. The maximum absolute atomic E-state index is 6.13. The number of nitrogens with two attached hydrogens (primary N) is 1. The number of ether oxygens (including phenoxy) is 2. The lowest BCUT2D eigenvalue weighted by atomic mass is 10.2. The Bertz CT molecular complexity index is 1150. The molecule has 0 unspecified atom stereocenters. The van der Waals surface area contributed by atoms with E-state index in [2.05, 4.69) is 20.0 Å². The van der Waals surface area contributed by atoms with E-state index in [9.17, 15) is 0 Å². The second kappa shape index (κ2) is 7.34. The molecule has 1 atom stereocenters. The largest absolute Gasteiger partial charge is 0.475 e. The van der Waals surface area contributed by atoms with E-state index in [4.69, 9.17) is 19.6 Å². The summed E-state index contributed by atoms with van der Waals surface area (Å²) >= 11 is 0. The van der Waals surface area contributed by atoms with E-state index in [0.717, 1.165) is 35.6 Å². The SMILES string of the molecule is C[C@@H](N)COc1ccc2ncc(-c3cc4c(N5CCOCC5)nccc4o3)n2n1. The molecule has 0 spiro atoms. The van der Waals surface area contributed by atoms with Crippen LogP contribution in [-0.2, 0) is 4.74 Å². The van der Waals surface area contributed by atoms with E-state index in [1.54, 1.807) is 23.0 Å². The van der Waals surface area contributed by atoms with Crippen LogP contribution >= 0.6 is 0 Å². The van der Waals surface area contributed by atoms with E-state index < -0.39 is 0 Å². The molecule has 4 aromatic heterocycles. The van der Waals surface area contributed by atoms with Gasteiger partial charge in [0.15, 0.2) is 11.4 Å². The van der Waals surface area contributed by atoms with Gasteiger partial charge >= 0.3 is 0 Å². The number of hydrogen-bond donors (Lipinski definition) is 1. The number of furan rings is 1. The lowest BCUT2D eigenvalue weighted by molar-refractivity contribution is 0.122. The van der Waals surface area contributed by atoms with Crippen LogP contribution in [-0.4, -0.2) is 58.5 Å². The molecule has 9 nitrogen and oxygen atoms in total. The van der Waals surface area contributed by atoms with Gasteiger partial charge in [-0.05, 0) is 25.1 Å². The second-order valence-corrected chi connectivity index (χ2v) is 7.13. The third-order valence-corrected chi connectivity index (χ3v) is 4.82. The molecule has 150 valence electrons. The normalized spacial score (nSPS) is 15.9. The molecule has 2 N–H and O–H groups in total. The highest BCUT2D eigenvalue weighted by Gasteiger charge is 2.19. The van der Waals surface area contributed by atoms with Gasteiger partial charge in [0.1, 0.15) is 23.7 Å². The molecule has 5 heterocycles. The maximum atomic E-state index is 6.13. The van der Waals surface area contributed by atoms with Gasteiger partial charge < -0.3 is 24.5 Å². The van der Waals surface area contributed by atoms with Crippen molar-refractivity contribution in [1.82, 2.24) is 19.6 Å². The first-order valence-electron chi connectivity index (χ1n) is 9.64. The number of aromatic nitrogens is 4. The fourth-order valence-electron chi connectivity index (χ4n) is 3.42. The van der Waals surface area contributed by atoms with Crippen LogP contribution in [0.25, 0.3) is 28.1 Å². The first kappa shape index (κ1) is 17.9. The molecule has 0 bridgehead atoms. The highest BCUT2D eigenvalue weighted by Crippen LogP contribution is 2.33. The van der Waals surface area contributed by atoms with Crippen molar-refractivity contribution in [3.63, 3.8) is 0 Å². The number of pyridine rings is 1. The molecular weight excluding hydrogens is 372 g/mol. The van der Waals surface area contributed by atoms with Gasteiger partial charge in [-0.3, -0.25) is 0 Å². The second-order valence-electron chi connectivity index (χ2n) is 7.13. The number of rotatable bonds is 5. The maximum Gasteiger partial charge on any atom is 0.231 e. The van der Waals surface area contributed by atoms with Crippen molar-refractivity contribution in [3.05, 3.63) is 36.7 Å². The van der Waals surface area contributed by atoms with Crippen LogP contribution in [0.1, 0.15) is 6.92 Å². The molecule has 29 heavy (non-hydrogen) atoms. The van der Waals surface area contributed by atoms with Gasteiger partial charge in [-0.15, -0.1) is 5.10 Å². The molecule has 4 aromatic rings. The Labute approximate surface area is 167 Å². The van der Waals surface area contributed by atoms with Crippen LogP contribution < -0.4 is 15.4 Å². The molecule has 0 amide bonds. The number of nitrogens with zero attached hydrogens (tertiary/aromatic N) is 5. The molecule has 1 aliphatic heterocycles. The molecule has 0 aromatic carbocycles. The number of fused-ring (bicyclic) bond motifs is 2. The van der Waals surface area contributed by atoms with Crippen molar-refractivity contribution < 1.29 is 13.9 Å². The summed E-state index contributed by atoms with van der Waals surface area (Å²) in [6, 6.07) is 7.44. The van der Waals surface area contributed by atoms with Gasteiger partial charge in [0.2, 0.25) is 5.88 Å². The van der Waals surface area contributed by atoms with Crippen LogP contribution in [0.2, 0.25) is 0 Å². The minimum Gasteiger partial charge on any atom is -0.475 e. The standard InChI is InChI=1S/C20H22N6O3/c1-13(21)12-28-19-3-2-18-23-11-15(26(18)24-19)17-10-14-16(29-17)4-5-22-20(14)25-6-8-27-9-7-25/h2-5,10-11,13H,6-9,12,21H2,1H3/t13-/m1/s1.